The van der Waals surface area contributed by atoms with Crippen molar-refractivity contribution in [2.75, 3.05) is 10.8 Å². The van der Waals surface area contributed by atoms with Crippen LogP contribution in [0.15, 0.2) is 71.8 Å². The first-order valence-corrected chi connectivity index (χ1v) is 11.7. The molecule has 0 amide bonds. The van der Waals surface area contributed by atoms with Crippen LogP contribution in [0.25, 0.3) is 16.9 Å². The predicted octanol–water partition coefficient (Wildman–Crippen LogP) is 4.01. The van der Waals surface area contributed by atoms with Gasteiger partial charge >= 0.3 is 0 Å². The first-order valence-electron chi connectivity index (χ1n) is 10.3. The highest BCUT2D eigenvalue weighted by atomic mass is 32.2. The molecule has 2 aromatic carbocycles. The number of anilines is 1. The highest BCUT2D eigenvalue weighted by Crippen LogP contribution is 2.40. The number of pyridine rings is 1. The number of aromatic hydroxyl groups is 1. The molecular weight excluding hydrogens is 424 g/mol. The van der Waals surface area contributed by atoms with Crippen molar-refractivity contribution in [3.05, 3.63) is 83.6 Å². The van der Waals surface area contributed by atoms with Crippen LogP contribution in [-0.4, -0.2) is 34.8 Å². The van der Waals surface area contributed by atoms with Crippen molar-refractivity contribution < 1.29 is 13.5 Å². The standard InChI is InChI=1S/C24H22N4O3S/c1-16-8-10-19(11-9-16)32(30,31)27-14-12-21-22(20-7-4-13-25-23(20)27)26-28(24(21)29)18-6-3-5-17(2)15-18/h3-11,13,15,29H,12,14H2,1-2H3. The summed E-state index contributed by atoms with van der Waals surface area (Å²) >= 11 is 0. The van der Waals surface area contributed by atoms with Crippen molar-refractivity contribution >= 4 is 15.8 Å². The molecule has 0 aliphatic carbocycles. The molecule has 5 rings (SSSR count). The summed E-state index contributed by atoms with van der Waals surface area (Å²) in [6, 6.07) is 18.0. The van der Waals surface area contributed by atoms with Gasteiger partial charge in [0.2, 0.25) is 5.88 Å². The maximum Gasteiger partial charge on any atom is 0.265 e. The normalized spacial score (nSPS) is 13.4. The van der Waals surface area contributed by atoms with E-state index in [1.807, 2.05) is 38.1 Å². The van der Waals surface area contributed by atoms with Gasteiger partial charge in [0, 0.05) is 23.9 Å². The molecule has 1 N–H and O–H groups in total. The number of fused-ring (bicyclic) bond motifs is 3. The summed E-state index contributed by atoms with van der Waals surface area (Å²) in [5, 5.41) is 15.7. The van der Waals surface area contributed by atoms with E-state index < -0.39 is 10.0 Å². The van der Waals surface area contributed by atoms with Gasteiger partial charge < -0.3 is 5.11 Å². The van der Waals surface area contributed by atoms with Crippen LogP contribution < -0.4 is 4.31 Å². The van der Waals surface area contributed by atoms with Crippen LogP contribution in [0, 0.1) is 13.8 Å². The molecule has 3 heterocycles. The lowest BCUT2D eigenvalue weighted by Crippen LogP contribution is -2.33. The molecule has 1 aliphatic heterocycles. The topological polar surface area (TPSA) is 88.3 Å². The van der Waals surface area contributed by atoms with Crippen LogP contribution in [-0.2, 0) is 16.4 Å². The lowest BCUT2D eigenvalue weighted by Gasteiger charge is -2.23. The van der Waals surface area contributed by atoms with Gasteiger partial charge in [-0.15, -0.1) is 0 Å². The van der Waals surface area contributed by atoms with Crippen molar-refractivity contribution in [1.82, 2.24) is 14.8 Å². The minimum absolute atomic E-state index is 0.00925. The highest BCUT2D eigenvalue weighted by molar-refractivity contribution is 7.92. The molecule has 0 radical (unpaired) electrons. The van der Waals surface area contributed by atoms with Crippen molar-refractivity contribution in [1.29, 1.82) is 0 Å². The summed E-state index contributed by atoms with van der Waals surface area (Å²) in [5.41, 5.74) is 4.47. The van der Waals surface area contributed by atoms with Crippen LogP contribution in [0.1, 0.15) is 16.7 Å². The first kappa shape index (κ1) is 20.3. The van der Waals surface area contributed by atoms with Crippen molar-refractivity contribution in [2.45, 2.75) is 25.2 Å². The van der Waals surface area contributed by atoms with Crippen LogP contribution in [0.3, 0.4) is 0 Å². The summed E-state index contributed by atoms with van der Waals surface area (Å²) in [4.78, 5) is 4.61. The Labute approximate surface area is 186 Å². The molecule has 0 saturated carbocycles. The molecule has 7 nitrogen and oxygen atoms in total. The fourth-order valence-corrected chi connectivity index (χ4v) is 5.44. The molecule has 4 aromatic rings. The number of aromatic nitrogens is 3. The summed E-state index contributed by atoms with van der Waals surface area (Å²) in [5.74, 6) is 0.315. The minimum atomic E-state index is -3.84. The molecule has 0 spiro atoms. The second-order valence-corrected chi connectivity index (χ2v) is 9.78. The van der Waals surface area contributed by atoms with Crippen molar-refractivity contribution in [3.63, 3.8) is 0 Å². The fourth-order valence-electron chi connectivity index (χ4n) is 4.00. The van der Waals surface area contributed by atoms with E-state index in [1.54, 1.807) is 42.6 Å². The largest absolute Gasteiger partial charge is 0.493 e. The molecule has 162 valence electrons. The maximum absolute atomic E-state index is 13.5. The van der Waals surface area contributed by atoms with Gasteiger partial charge in [0.1, 0.15) is 5.69 Å². The quantitative estimate of drug-likeness (QED) is 0.514. The molecule has 8 heteroatoms. The van der Waals surface area contributed by atoms with Crippen LogP contribution in [0.4, 0.5) is 5.82 Å². The molecular formula is C24H22N4O3S. The molecule has 32 heavy (non-hydrogen) atoms. The van der Waals surface area contributed by atoms with Gasteiger partial charge in [-0.1, -0.05) is 29.8 Å². The zero-order chi connectivity index (χ0) is 22.5. The monoisotopic (exact) mass is 446 g/mol. The number of aryl methyl sites for hydroxylation is 2. The Balaban J connectivity index is 1.66. The molecule has 0 saturated heterocycles. The SMILES string of the molecule is Cc1ccc(S(=O)(=O)N2CCc3c(nn(-c4cccc(C)c4)c3O)-c3cccnc32)cc1. The van der Waals surface area contributed by atoms with Crippen LogP contribution in [0.2, 0.25) is 0 Å². The number of hydrogen-bond donors (Lipinski definition) is 1. The van der Waals surface area contributed by atoms with Gasteiger partial charge in [-0.3, -0.25) is 0 Å². The van der Waals surface area contributed by atoms with Crippen molar-refractivity contribution in [2.24, 2.45) is 0 Å². The number of benzene rings is 2. The third kappa shape index (κ3) is 3.23. The Kier molecular flexibility index (Phi) is 4.74. The third-order valence-electron chi connectivity index (χ3n) is 5.65. The lowest BCUT2D eigenvalue weighted by atomic mass is 10.1. The molecule has 1 aliphatic rings. The molecule has 0 fully saturated rings. The Morgan fingerprint density at radius 1 is 0.969 bits per heavy atom. The smallest absolute Gasteiger partial charge is 0.265 e. The second-order valence-electron chi connectivity index (χ2n) is 7.92. The van der Waals surface area contributed by atoms with E-state index in [-0.39, 0.29) is 17.3 Å². The Morgan fingerprint density at radius 2 is 1.75 bits per heavy atom. The Hall–Kier alpha value is -3.65. The average molecular weight is 447 g/mol. The van der Waals surface area contributed by atoms with Gasteiger partial charge in [0.05, 0.1) is 10.6 Å². The number of sulfonamides is 1. The van der Waals surface area contributed by atoms with Crippen molar-refractivity contribution in [3.8, 4) is 22.8 Å². The number of hydrogen-bond acceptors (Lipinski definition) is 5. The van der Waals surface area contributed by atoms with Gasteiger partial charge in [-0.05, 0) is 62.2 Å². The van der Waals surface area contributed by atoms with Gasteiger partial charge in [-0.2, -0.15) is 5.10 Å². The van der Waals surface area contributed by atoms with E-state index in [0.717, 1.165) is 16.8 Å². The van der Waals surface area contributed by atoms with E-state index in [9.17, 15) is 13.5 Å². The summed E-state index contributed by atoms with van der Waals surface area (Å²) in [6.07, 6.45) is 1.87. The van der Waals surface area contributed by atoms with Gasteiger partial charge in [-0.25, -0.2) is 22.4 Å². The third-order valence-corrected chi connectivity index (χ3v) is 7.46. The van der Waals surface area contributed by atoms with E-state index in [1.165, 1.54) is 8.99 Å². The first-order chi connectivity index (χ1) is 15.4. The van der Waals surface area contributed by atoms with Gasteiger partial charge in [0.15, 0.2) is 5.82 Å². The predicted molar refractivity (Wildman–Crippen MR) is 123 cm³/mol. The zero-order valence-electron chi connectivity index (χ0n) is 17.7. The zero-order valence-corrected chi connectivity index (χ0v) is 18.5. The van der Waals surface area contributed by atoms with E-state index >= 15 is 0 Å². The Morgan fingerprint density at radius 3 is 2.50 bits per heavy atom. The minimum Gasteiger partial charge on any atom is -0.493 e. The van der Waals surface area contributed by atoms with Crippen LogP contribution >= 0.6 is 0 Å². The summed E-state index contributed by atoms with van der Waals surface area (Å²) < 4.78 is 29.8. The fraction of sp³-hybridized carbons (Fsp3) is 0.167. The molecule has 0 bridgehead atoms. The number of nitrogens with zero attached hydrogens (tertiary/aromatic N) is 4. The molecule has 0 unspecified atom stereocenters. The highest BCUT2D eigenvalue weighted by Gasteiger charge is 2.34. The average Bonchev–Trinajstić information content (AvgIpc) is 3.00. The van der Waals surface area contributed by atoms with E-state index in [2.05, 4.69) is 10.1 Å². The molecule has 0 atom stereocenters. The Bertz CT molecular complexity index is 1430. The molecule has 2 aromatic heterocycles. The lowest BCUT2D eigenvalue weighted by molar-refractivity contribution is 0.428. The number of rotatable bonds is 3. The summed E-state index contributed by atoms with van der Waals surface area (Å²) in [6.45, 7) is 4.02. The second kappa shape index (κ2) is 7.49. The maximum atomic E-state index is 13.5. The summed E-state index contributed by atoms with van der Waals surface area (Å²) in [7, 11) is -3.84. The van der Waals surface area contributed by atoms with E-state index in [4.69, 9.17) is 0 Å². The van der Waals surface area contributed by atoms with Gasteiger partial charge in [0.25, 0.3) is 10.0 Å². The van der Waals surface area contributed by atoms with E-state index in [0.29, 0.717) is 29.1 Å². The van der Waals surface area contributed by atoms with Crippen LogP contribution in [0.5, 0.6) is 5.88 Å².